The van der Waals surface area contributed by atoms with E-state index in [0.29, 0.717) is 0 Å². The average Bonchev–Trinajstić information content (AvgIpc) is 1.43. The molecule has 0 fully saturated rings. The van der Waals surface area contributed by atoms with E-state index >= 15 is 0 Å². The monoisotopic (exact) mass is 364 g/mol. The van der Waals surface area contributed by atoms with Crippen LogP contribution in [-0.4, -0.2) is 8.42 Å². The Balaban J connectivity index is 5.32. The lowest BCUT2D eigenvalue weighted by Crippen LogP contribution is -1.84. The van der Waals surface area contributed by atoms with Gasteiger partial charge in [0.25, 0.3) is 0 Å². The number of halogens is 6. The van der Waals surface area contributed by atoms with Gasteiger partial charge in [0.15, 0.2) is 0 Å². The van der Waals surface area contributed by atoms with Gasteiger partial charge >= 0.3 is 10.2 Å². The normalized spacial score (nSPS) is 14.0. The second kappa shape index (κ2) is 4.99. The third kappa shape index (κ3) is 10.4. The van der Waals surface area contributed by atoms with Crippen molar-refractivity contribution in [1.29, 1.82) is 0 Å². The summed E-state index contributed by atoms with van der Waals surface area (Å²) in [6.07, 6.45) is 0. The van der Waals surface area contributed by atoms with Crippen molar-refractivity contribution in [3.8, 4) is 0 Å². The average molecular weight is 367 g/mol. The van der Waals surface area contributed by atoms with Crippen LogP contribution >= 0.6 is 77.7 Å². The van der Waals surface area contributed by atoms with Crippen LogP contribution in [0.3, 0.4) is 0 Å². The molecule has 0 aromatic rings. The Hall–Kier alpha value is 2.15. The molecular weight excluding hydrogens is 367 g/mol. The van der Waals surface area contributed by atoms with Crippen LogP contribution in [0.2, 0.25) is 0 Å². The Labute approximate surface area is 104 Å². The SMILES string of the molecule is O=S(=O)(N=P(Cl)(Cl)Cl)N=P(Cl)(Cl)Cl. The molecule has 0 N–H and O–H groups in total. The molecule has 0 aliphatic rings. The summed E-state index contributed by atoms with van der Waals surface area (Å²) in [5.74, 6) is 0. The zero-order valence-corrected chi connectivity index (χ0v) is 12.4. The zero-order chi connectivity index (χ0) is 10.9. The highest BCUT2D eigenvalue weighted by molar-refractivity contribution is 8.30. The van der Waals surface area contributed by atoms with Crippen LogP contribution < -0.4 is 0 Å². The summed E-state index contributed by atoms with van der Waals surface area (Å²) < 4.78 is 27.4. The summed E-state index contributed by atoms with van der Waals surface area (Å²) >= 11 is 31.0. The van der Waals surface area contributed by atoms with E-state index in [1.54, 1.807) is 0 Å². The lowest BCUT2D eigenvalue weighted by atomic mass is 13.9. The van der Waals surface area contributed by atoms with Crippen molar-refractivity contribution in [1.82, 2.24) is 0 Å². The van der Waals surface area contributed by atoms with E-state index in [0.717, 1.165) is 0 Å². The van der Waals surface area contributed by atoms with Crippen molar-refractivity contribution in [3.63, 3.8) is 0 Å². The standard InChI is InChI=1S/Cl6N2O2P2S/c1-11(2,3)7-13(9,10)8-12(4,5)6. The second-order valence-corrected chi connectivity index (χ2v) is 17.2. The van der Waals surface area contributed by atoms with Crippen LogP contribution in [0.1, 0.15) is 0 Å². The third-order valence-electron chi connectivity index (χ3n) is 0.392. The van der Waals surface area contributed by atoms with Crippen molar-refractivity contribution >= 4 is 87.9 Å². The van der Waals surface area contributed by atoms with Gasteiger partial charge in [-0.2, -0.15) is 8.42 Å². The van der Waals surface area contributed by atoms with Crippen molar-refractivity contribution in [2.75, 3.05) is 0 Å². The maximum atomic E-state index is 10.9. The number of hydrogen-bond acceptors (Lipinski definition) is 2. The fraction of sp³-hybridized carbons (Fsp3) is 0. The maximum absolute atomic E-state index is 10.9. The van der Waals surface area contributed by atoms with Gasteiger partial charge in [0.2, 0.25) is 10.2 Å². The number of hydrogen-bond donors (Lipinski definition) is 0. The van der Waals surface area contributed by atoms with Crippen molar-refractivity contribution < 1.29 is 8.42 Å². The summed E-state index contributed by atoms with van der Waals surface area (Å²) in [7, 11) is -4.34. The lowest BCUT2D eigenvalue weighted by Gasteiger charge is -1.98. The Bertz CT molecular complexity index is 336. The summed E-state index contributed by atoms with van der Waals surface area (Å²) in [5, 5.41) is -6.84. The molecule has 80 valence electrons. The minimum atomic E-state index is -4.34. The first-order chi connectivity index (χ1) is 5.41. The molecule has 0 aromatic heterocycles. The predicted octanol–water partition coefficient (Wildman–Crippen LogP) is 5.56. The number of rotatable bonds is 2. The Kier molecular flexibility index (Phi) is 5.81. The van der Waals surface area contributed by atoms with Gasteiger partial charge in [-0.1, -0.05) is 0 Å². The Morgan fingerprint density at radius 2 is 1.00 bits per heavy atom. The lowest BCUT2D eigenvalue weighted by molar-refractivity contribution is 0.601. The van der Waals surface area contributed by atoms with E-state index in [4.69, 9.17) is 67.4 Å². The second-order valence-electron chi connectivity index (χ2n) is 1.45. The first-order valence-electron chi connectivity index (χ1n) is 2.11. The van der Waals surface area contributed by atoms with E-state index in [-0.39, 0.29) is 0 Å². The highest BCUT2D eigenvalue weighted by atomic mass is 36.1. The largest absolute Gasteiger partial charge is 0.366 e. The van der Waals surface area contributed by atoms with Gasteiger partial charge in [0, 0.05) is 0 Å². The van der Waals surface area contributed by atoms with E-state index in [1.807, 2.05) is 0 Å². The van der Waals surface area contributed by atoms with E-state index < -0.39 is 20.4 Å². The molecule has 0 aromatic carbocycles. The first kappa shape index (κ1) is 15.2. The molecule has 0 atom stereocenters. The van der Waals surface area contributed by atoms with Gasteiger partial charge in [-0.25, -0.2) is 0 Å². The molecule has 0 spiro atoms. The minimum absolute atomic E-state index is 2.81. The Morgan fingerprint density at radius 3 is 1.15 bits per heavy atom. The first-order valence-corrected chi connectivity index (χ1v) is 12.4. The summed E-state index contributed by atoms with van der Waals surface area (Å²) in [5.41, 5.74) is 0. The zero-order valence-electron chi connectivity index (χ0n) is 5.28. The van der Waals surface area contributed by atoms with Crippen LogP contribution in [0, 0.1) is 0 Å². The minimum Gasteiger partial charge on any atom is -0.179 e. The van der Waals surface area contributed by atoms with Crippen molar-refractivity contribution in [2.24, 2.45) is 8.30 Å². The molecule has 0 rings (SSSR count). The molecule has 13 heavy (non-hydrogen) atoms. The highest BCUT2D eigenvalue weighted by Gasteiger charge is 2.19. The van der Waals surface area contributed by atoms with E-state index in [9.17, 15) is 8.42 Å². The quantitative estimate of drug-likeness (QED) is 0.601. The van der Waals surface area contributed by atoms with E-state index in [1.165, 1.54) is 0 Å². The number of nitrogens with zero attached hydrogens (tertiary/aromatic N) is 2. The van der Waals surface area contributed by atoms with Gasteiger partial charge < -0.3 is 0 Å². The highest BCUT2D eigenvalue weighted by Crippen LogP contribution is 2.68. The molecule has 13 heteroatoms. The molecule has 0 heterocycles. The van der Waals surface area contributed by atoms with Crippen molar-refractivity contribution in [2.45, 2.75) is 0 Å². The van der Waals surface area contributed by atoms with Gasteiger partial charge in [-0.3, -0.25) is 0 Å². The molecular formula is Cl6N2O2P2S. The van der Waals surface area contributed by atoms with Gasteiger partial charge in [0.1, 0.15) is 0 Å². The smallest absolute Gasteiger partial charge is 0.179 e. The van der Waals surface area contributed by atoms with Gasteiger partial charge in [-0.15, -0.1) is 8.30 Å². The van der Waals surface area contributed by atoms with Crippen LogP contribution in [0.25, 0.3) is 0 Å². The summed E-state index contributed by atoms with van der Waals surface area (Å²) in [4.78, 5) is 0. The third-order valence-corrected chi connectivity index (χ3v) is 6.86. The fourth-order valence-electron chi connectivity index (χ4n) is 0.250. The molecule has 0 aliphatic heterocycles. The van der Waals surface area contributed by atoms with Crippen LogP contribution in [-0.2, 0) is 10.2 Å². The molecule has 4 nitrogen and oxygen atoms in total. The molecule has 0 unspecified atom stereocenters. The fourth-order valence-corrected chi connectivity index (χ4v) is 6.76. The topological polar surface area (TPSA) is 58.9 Å². The van der Waals surface area contributed by atoms with Gasteiger partial charge in [0.05, 0.1) is 0 Å². The van der Waals surface area contributed by atoms with Gasteiger partial charge in [-0.05, 0) is 67.4 Å². The summed E-state index contributed by atoms with van der Waals surface area (Å²) in [6, 6.07) is 0. The Morgan fingerprint density at radius 1 is 0.769 bits per heavy atom. The molecule has 0 bridgehead atoms. The van der Waals surface area contributed by atoms with Crippen LogP contribution in [0.4, 0.5) is 0 Å². The molecule has 0 amide bonds. The molecule has 0 saturated heterocycles. The molecule has 0 radical (unpaired) electrons. The summed E-state index contributed by atoms with van der Waals surface area (Å²) in [6.45, 7) is 0. The van der Waals surface area contributed by atoms with E-state index in [2.05, 4.69) is 8.30 Å². The van der Waals surface area contributed by atoms with Crippen LogP contribution in [0.5, 0.6) is 0 Å². The van der Waals surface area contributed by atoms with Crippen molar-refractivity contribution in [3.05, 3.63) is 0 Å². The molecule has 0 aliphatic carbocycles. The predicted molar refractivity (Wildman–Crippen MR) is 62.7 cm³/mol. The maximum Gasteiger partial charge on any atom is 0.366 e. The molecule has 0 saturated carbocycles. The van der Waals surface area contributed by atoms with Crippen LogP contribution in [0.15, 0.2) is 8.30 Å².